The highest BCUT2D eigenvalue weighted by Gasteiger charge is 2.54. The predicted octanol–water partition coefficient (Wildman–Crippen LogP) is 4.68. The first kappa shape index (κ1) is 23.5. The number of ether oxygens (including phenoxy) is 1. The van der Waals surface area contributed by atoms with Gasteiger partial charge in [-0.05, 0) is 55.5 Å². The van der Waals surface area contributed by atoms with Crippen LogP contribution in [0.1, 0.15) is 32.3 Å². The number of hydrogen-bond acceptors (Lipinski definition) is 4. The zero-order chi connectivity index (χ0) is 22.4. The Hall–Kier alpha value is -2.77. The summed E-state index contributed by atoms with van der Waals surface area (Å²) >= 11 is 0. The van der Waals surface area contributed by atoms with E-state index in [-0.39, 0.29) is 12.8 Å². The van der Waals surface area contributed by atoms with Crippen molar-refractivity contribution in [3.63, 3.8) is 0 Å². The van der Waals surface area contributed by atoms with Crippen molar-refractivity contribution in [1.82, 2.24) is 5.48 Å². The lowest BCUT2D eigenvalue weighted by Gasteiger charge is -2.40. The number of alkyl halides is 2. The van der Waals surface area contributed by atoms with Crippen molar-refractivity contribution in [1.29, 1.82) is 0 Å². The third-order valence-corrected chi connectivity index (χ3v) is 5.60. The van der Waals surface area contributed by atoms with E-state index in [9.17, 15) is 18.7 Å². The Balaban J connectivity index is 2.05. The van der Waals surface area contributed by atoms with Crippen LogP contribution in [-0.2, 0) is 4.79 Å². The molecule has 1 amide bonds. The van der Waals surface area contributed by atoms with E-state index in [4.69, 9.17) is 9.94 Å². The molecule has 0 aliphatic rings. The van der Waals surface area contributed by atoms with Crippen LogP contribution in [0.2, 0.25) is 0 Å². The molecule has 0 aliphatic carbocycles. The van der Waals surface area contributed by atoms with Crippen molar-refractivity contribution >= 4 is 12.0 Å². The summed E-state index contributed by atoms with van der Waals surface area (Å²) in [4.78, 5) is 12.0. The van der Waals surface area contributed by atoms with Crippen LogP contribution in [0.3, 0.4) is 0 Å². The molecule has 0 fully saturated rings. The smallest absolute Gasteiger partial charge is 0.267 e. The summed E-state index contributed by atoms with van der Waals surface area (Å²) < 4.78 is 31.7. The number of amides is 1. The summed E-state index contributed by atoms with van der Waals surface area (Å²) in [5.74, 6) is -0.268. The van der Waals surface area contributed by atoms with Gasteiger partial charge in [-0.15, -0.1) is 0 Å². The van der Waals surface area contributed by atoms with E-state index in [0.29, 0.717) is 0 Å². The number of benzene rings is 2. The molecule has 2 rings (SSSR count). The highest BCUT2D eigenvalue weighted by atomic mass is 19.3. The van der Waals surface area contributed by atoms with Crippen molar-refractivity contribution in [2.45, 2.75) is 38.7 Å². The summed E-state index contributed by atoms with van der Waals surface area (Å²) in [7, 11) is 1.61. The fourth-order valence-electron chi connectivity index (χ4n) is 3.12. The quantitative estimate of drug-likeness (QED) is 0.407. The Bertz CT molecular complexity index is 864. The molecule has 3 N–H and O–H groups in total. The molecule has 5 nitrogen and oxygen atoms in total. The summed E-state index contributed by atoms with van der Waals surface area (Å²) in [6.07, 6.45) is 0.595. The lowest BCUT2D eigenvalue weighted by atomic mass is 9.70. The highest BCUT2D eigenvalue weighted by molar-refractivity contribution is 5.82. The maximum atomic E-state index is 13.3. The second kappa shape index (κ2) is 9.82. The molecule has 0 aliphatic heterocycles. The Morgan fingerprint density at radius 1 is 1.10 bits per heavy atom. The Labute approximate surface area is 175 Å². The van der Waals surface area contributed by atoms with Crippen molar-refractivity contribution in [3.8, 4) is 16.9 Å². The average molecular weight is 419 g/mol. The van der Waals surface area contributed by atoms with E-state index < -0.39 is 23.3 Å². The fourth-order valence-corrected chi connectivity index (χ4v) is 3.12. The van der Waals surface area contributed by atoms with E-state index in [1.807, 2.05) is 54.6 Å². The number of nitrogens with one attached hydrogen (secondary N) is 1. The molecule has 2 unspecified atom stereocenters. The predicted molar refractivity (Wildman–Crippen MR) is 111 cm³/mol. The van der Waals surface area contributed by atoms with E-state index in [1.54, 1.807) is 13.2 Å². The third kappa shape index (κ3) is 5.04. The van der Waals surface area contributed by atoms with Crippen LogP contribution >= 0.6 is 0 Å². The Morgan fingerprint density at radius 3 is 2.10 bits per heavy atom. The maximum Gasteiger partial charge on any atom is 0.267 e. The molecule has 0 saturated carbocycles. The van der Waals surface area contributed by atoms with Gasteiger partial charge in [0.15, 0.2) is 0 Å². The van der Waals surface area contributed by atoms with Crippen LogP contribution in [-0.4, -0.2) is 35.4 Å². The molecule has 0 radical (unpaired) electrons. The zero-order valence-electron chi connectivity index (χ0n) is 17.2. The molecule has 0 bridgehead atoms. The van der Waals surface area contributed by atoms with Crippen LogP contribution in [0, 0.1) is 5.41 Å². The zero-order valence-corrected chi connectivity index (χ0v) is 17.2. The second-order valence-electron chi connectivity index (χ2n) is 7.51. The first-order valence-electron chi connectivity index (χ1n) is 9.52. The Kier molecular flexibility index (Phi) is 7.70. The number of rotatable bonds is 9. The van der Waals surface area contributed by atoms with Crippen molar-refractivity contribution in [2.24, 2.45) is 5.41 Å². The number of aliphatic hydroxyl groups is 1. The number of hydrogen-bond donors (Lipinski definition) is 3. The molecule has 2 atom stereocenters. The number of halogens is 2. The molecule has 7 heteroatoms. The maximum absolute atomic E-state index is 13.3. The first-order valence-corrected chi connectivity index (χ1v) is 9.52. The Morgan fingerprint density at radius 2 is 1.63 bits per heavy atom. The number of hydroxylamine groups is 1. The van der Waals surface area contributed by atoms with Gasteiger partial charge in [0.2, 0.25) is 0 Å². The average Bonchev–Trinajstić information content (AvgIpc) is 2.76. The van der Waals surface area contributed by atoms with Gasteiger partial charge in [0.1, 0.15) is 11.4 Å². The highest BCUT2D eigenvalue weighted by Crippen LogP contribution is 2.40. The molecular weight excluding hydrogens is 392 g/mol. The monoisotopic (exact) mass is 419 g/mol. The summed E-state index contributed by atoms with van der Waals surface area (Å²) in [5, 5.41) is 19.1. The minimum absolute atomic E-state index is 0.0723. The first-order chi connectivity index (χ1) is 14.2. The molecule has 0 spiro atoms. The SMILES string of the molecule is COc1ccc(-c2ccc(/C=C/CCC(C)(C(=O)NO)C(C)(O)C(F)F)cc2)cc1. The van der Waals surface area contributed by atoms with E-state index in [2.05, 4.69) is 0 Å². The van der Waals surface area contributed by atoms with Gasteiger partial charge in [-0.1, -0.05) is 48.6 Å². The van der Waals surface area contributed by atoms with Crippen LogP contribution in [0.4, 0.5) is 8.78 Å². The molecule has 2 aromatic rings. The van der Waals surface area contributed by atoms with Crippen molar-refractivity contribution in [2.75, 3.05) is 7.11 Å². The standard InChI is InChI=1S/C23H27F2NO4/c1-22(21(27)26-29,23(2,28)20(24)25)15-5-4-6-16-7-9-17(10-8-16)18-11-13-19(30-3)14-12-18/h4,6-14,20,28-29H,5,15H2,1-3H3,(H,26,27)/b6-4+. The van der Waals surface area contributed by atoms with Gasteiger partial charge in [-0.2, -0.15) is 0 Å². The number of carbonyl (C=O) groups is 1. The van der Waals surface area contributed by atoms with Gasteiger partial charge in [-0.3, -0.25) is 10.0 Å². The normalized spacial score (nSPS) is 15.6. The van der Waals surface area contributed by atoms with Gasteiger partial charge < -0.3 is 9.84 Å². The van der Waals surface area contributed by atoms with E-state index in [0.717, 1.165) is 29.4 Å². The van der Waals surface area contributed by atoms with Crippen molar-refractivity contribution in [3.05, 3.63) is 60.2 Å². The fraction of sp³-hybridized carbons (Fsp3) is 0.348. The third-order valence-electron chi connectivity index (χ3n) is 5.60. The molecule has 162 valence electrons. The van der Waals surface area contributed by atoms with E-state index in [1.165, 1.54) is 12.4 Å². The molecule has 30 heavy (non-hydrogen) atoms. The summed E-state index contributed by atoms with van der Waals surface area (Å²) in [5.41, 5.74) is -0.0739. The topological polar surface area (TPSA) is 78.8 Å². The van der Waals surface area contributed by atoms with Crippen LogP contribution in [0.25, 0.3) is 17.2 Å². The van der Waals surface area contributed by atoms with Gasteiger partial charge in [0.05, 0.1) is 12.5 Å². The van der Waals surface area contributed by atoms with Gasteiger partial charge >= 0.3 is 0 Å². The minimum Gasteiger partial charge on any atom is -0.497 e. The number of methoxy groups -OCH3 is 1. The molecular formula is C23H27F2NO4. The number of carbonyl (C=O) groups excluding carboxylic acids is 1. The van der Waals surface area contributed by atoms with Crippen LogP contribution in [0.15, 0.2) is 54.6 Å². The summed E-state index contributed by atoms with van der Waals surface area (Å²) in [6.45, 7) is 2.11. The lowest BCUT2D eigenvalue weighted by Crippen LogP contribution is -2.57. The van der Waals surface area contributed by atoms with Crippen molar-refractivity contribution < 1.29 is 28.6 Å². The number of allylic oxidation sites excluding steroid dienone is 1. The second-order valence-corrected chi connectivity index (χ2v) is 7.51. The molecule has 2 aromatic carbocycles. The van der Waals surface area contributed by atoms with E-state index >= 15 is 0 Å². The summed E-state index contributed by atoms with van der Waals surface area (Å²) in [6, 6.07) is 15.5. The van der Waals surface area contributed by atoms with Gasteiger partial charge in [-0.25, -0.2) is 14.3 Å². The van der Waals surface area contributed by atoms with Crippen LogP contribution < -0.4 is 10.2 Å². The molecule has 0 heterocycles. The minimum atomic E-state index is -3.14. The van der Waals surface area contributed by atoms with Crippen LogP contribution in [0.5, 0.6) is 5.75 Å². The largest absolute Gasteiger partial charge is 0.497 e. The van der Waals surface area contributed by atoms with Gasteiger partial charge in [0, 0.05) is 0 Å². The molecule has 0 saturated heterocycles. The lowest BCUT2D eigenvalue weighted by molar-refractivity contribution is -0.182. The molecule has 0 aromatic heterocycles. The van der Waals surface area contributed by atoms with Gasteiger partial charge in [0.25, 0.3) is 12.3 Å².